The molecule has 6 rings (SSSR count). The van der Waals surface area contributed by atoms with Crippen molar-refractivity contribution < 1.29 is 13.6 Å². The van der Waals surface area contributed by atoms with Gasteiger partial charge in [-0.2, -0.15) is 0 Å². The Bertz CT molecular complexity index is 1560. The van der Waals surface area contributed by atoms with Crippen molar-refractivity contribution in [3.05, 3.63) is 72.5 Å². The van der Waals surface area contributed by atoms with Crippen molar-refractivity contribution in [3.63, 3.8) is 0 Å². The van der Waals surface area contributed by atoms with E-state index in [0.29, 0.717) is 34.3 Å². The van der Waals surface area contributed by atoms with E-state index in [-0.39, 0.29) is 17.4 Å². The van der Waals surface area contributed by atoms with E-state index in [1.165, 1.54) is 12.1 Å². The summed E-state index contributed by atoms with van der Waals surface area (Å²) in [5.74, 6) is 0.465. The van der Waals surface area contributed by atoms with Crippen LogP contribution in [0.3, 0.4) is 0 Å². The van der Waals surface area contributed by atoms with Crippen LogP contribution in [0.1, 0.15) is 54.9 Å². The van der Waals surface area contributed by atoms with E-state index in [9.17, 15) is 9.18 Å². The number of hydrogen-bond donors (Lipinski definition) is 1. The van der Waals surface area contributed by atoms with E-state index in [2.05, 4.69) is 25.5 Å². The number of anilines is 1. The van der Waals surface area contributed by atoms with E-state index in [1.807, 2.05) is 24.6 Å². The summed E-state index contributed by atoms with van der Waals surface area (Å²) in [5, 5.41) is 11.6. The molecule has 0 spiro atoms. The lowest BCUT2D eigenvalue weighted by molar-refractivity contribution is 0.0998. The quantitative estimate of drug-likeness (QED) is 0.369. The molecule has 1 amide bonds. The van der Waals surface area contributed by atoms with Crippen LogP contribution in [0.5, 0.6) is 0 Å². The molecule has 0 aliphatic heterocycles. The van der Waals surface area contributed by atoms with Crippen LogP contribution in [-0.4, -0.2) is 35.2 Å². The minimum absolute atomic E-state index is 0.0443. The minimum Gasteiger partial charge on any atom is -0.448 e. The van der Waals surface area contributed by atoms with E-state index < -0.39 is 11.7 Å². The van der Waals surface area contributed by atoms with Crippen molar-refractivity contribution >= 4 is 22.7 Å². The molecular formula is C25H22FN7O2. The topological polar surface area (TPSA) is 104 Å². The largest absolute Gasteiger partial charge is 0.448 e. The average Bonchev–Trinajstić information content (AvgIpc) is 3.23. The van der Waals surface area contributed by atoms with Crippen molar-refractivity contribution in [1.82, 2.24) is 29.3 Å². The third kappa shape index (κ3) is 3.86. The number of nitrogens with zero attached hydrogens (tertiary/aromatic N) is 6. The van der Waals surface area contributed by atoms with Gasteiger partial charge in [0.1, 0.15) is 34.9 Å². The maximum absolute atomic E-state index is 13.9. The predicted molar refractivity (Wildman–Crippen MR) is 127 cm³/mol. The molecule has 1 aliphatic carbocycles. The van der Waals surface area contributed by atoms with Crippen molar-refractivity contribution in [2.75, 3.05) is 5.32 Å². The minimum atomic E-state index is -0.506. The lowest BCUT2D eigenvalue weighted by Crippen LogP contribution is -2.14. The Morgan fingerprint density at radius 2 is 2.06 bits per heavy atom. The number of carbonyl (C=O) groups is 1. The fourth-order valence-corrected chi connectivity index (χ4v) is 4.12. The van der Waals surface area contributed by atoms with Crippen LogP contribution < -0.4 is 5.32 Å². The Labute approximate surface area is 199 Å². The van der Waals surface area contributed by atoms with Crippen LogP contribution in [0.2, 0.25) is 0 Å². The molecule has 4 aromatic heterocycles. The zero-order valence-corrected chi connectivity index (χ0v) is 19.1. The highest BCUT2D eigenvalue weighted by Crippen LogP contribution is 2.40. The van der Waals surface area contributed by atoms with Crippen LogP contribution in [0, 0.1) is 5.82 Å². The fraction of sp³-hybridized carbons (Fsp3) is 0.240. The molecule has 0 radical (unpaired) electrons. The van der Waals surface area contributed by atoms with Gasteiger partial charge in [-0.05, 0) is 51.0 Å². The summed E-state index contributed by atoms with van der Waals surface area (Å²) in [5.41, 5.74) is 2.33. The highest BCUT2D eigenvalue weighted by Gasteiger charge is 2.28. The third-order valence-electron chi connectivity index (χ3n) is 6.04. The van der Waals surface area contributed by atoms with Crippen molar-refractivity contribution in [3.8, 4) is 17.2 Å². The zero-order valence-electron chi connectivity index (χ0n) is 19.1. The molecule has 9 nitrogen and oxygen atoms in total. The standard InChI is InChI=1S/C25H22FN7O2/c1-14(2)33-13-28-31-24(33)18-4-3-5-21(29-18)30-25(34)23-22(17-9-8-16(26)10-20(17)35-23)32-11-19(27-12-32)15-6-7-15/h3-5,8-15H,6-7H2,1-2H3,(H,29,30,34). The molecule has 0 atom stereocenters. The maximum atomic E-state index is 13.9. The number of fused-ring (bicyclic) bond motifs is 1. The summed E-state index contributed by atoms with van der Waals surface area (Å²) in [4.78, 5) is 22.4. The van der Waals surface area contributed by atoms with Gasteiger partial charge < -0.3 is 18.9 Å². The first-order valence-corrected chi connectivity index (χ1v) is 11.4. The predicted octanol–water partition coefficient (Wildman–Crippen LogP) is 5.12. The van der Waals surface area contributed by atoms with Crippen molar-refractivity contribution in [2.24, 2.45) is 0 Å². The van der Waals surface area contributed by atoms with E-state index in [0.717, 1.165) is 18.5 Å². The lowest BCUT2D eigenvalue weighted by atomic mass is 10.2. The Kier molecular flexibility index (Phi) is 4.94. The number of amides is 1. The van der Waals surface area contributed by atoms with Gasteiger partial charge in [0.15, 0.2) is 5.82 Å². The number of imidazole rings is 1. The molecule has 35 heavy (non-hydrogen) atoms. The smallest absolute Gasteiger partial charge is 0.294 e. The normalized spacial score (nSPS) is 13.6. The molecule has 10 heteroatoms. The van der Waals surface area contributed by atoms with Gasteiger partial charge in [0, 0.05) is 29.6 Å². The van der Waals surface area contributed by atoms with Crippen LogP contribution in [-0.2, 0) is 0 Å². The average molecular weight is 471 g/mol. The van der Waals surface area contributed by atoms with Gasteiger partial charge in [0.05, 0.1) is 12.0 Å². The van der Waals surface area contributed by atoms with E-state index >= 15 is 0 Å². The van der Waals surface area contributed by atoms with Crippen LogP contribution in [0.25, 0.3) is 28.2 Å². The molecule has 5 aromatic rings. The van der Waals surface area contributed by atoms with Gasteiger partial charge >= 0.3 is 0 Å². The van der Waals surface area contributed by atoms with Crippen LogP contribution in [0.4, 0.5) is 10.2 Å². The second-order valence-corrected chi connectivity index (χ2v) is 8.92. The molecule has 0 saturated heterocycles. The summed E-state index contributed by atoms with van der Waals surface area (Å²) in [7, 11) is 0. The third-order valence-corrected chi connectivity index (χ3v) is 6.04. The highest BCUT2D eigenvalue weighted by molar-refractivity contribution is 6.09. The highest BCUT2D eigenvalue weighted by atomic mass is 19.1. The van der Waals surface area contributed by atoms with E-state index in [4.69, 9.17) is 4.42 Å². The van der Waals surface area contributed by atoms with Gasteiger partial charge in [-0.1, -0.05) is 6.07 Å². The number of benzene rings is 1. The number of pyridine rings is 1. The summed E-state index contributed by atoms with van der Waals surface area (Å²) in [6, 6.07) is 9.64. The van der Waals surface area contributed by atoms with Gasteiger partial charge in [-0.15, -0.1) is 10.2 Å². The van der Waals surface area contributed by atoms with Crippen molar-refractivity contribution in [2.45, 2.75) is 38.6 Å². The van der Waals surface area contributed by atoms with Crippen LogP contribution >= 0.6 is 0 Å². The molecule has 1 fully saturated rings. The van der Waals surface area contributed by atoms with Gasteiger partial charge in [0.25, 0.3) is 5.91 Å². The number of carbonyl (C=O) groups excluding carboxylic acids is 1. The van der Waals surface area contributed by atoms with Gasteiger partial charge in [-0.25, -0.2) is 14.4 Å². The maximum Gasteiger partial charge on any atom is 0.294 e. The summed E-state index contributed by atoms with van der Waals surface area (Å²) >= 11 is 0. The Morgan fingerprint density at radius 3 is 2.86 bits per heavy atom. The summed E-state index contributed by atoms with van der Waals surface area (Å²) < 4.78 is 23.4. The molecule has 1 aliphatic rings. The first-order chi connectivity index (χ1) is 17.0. The lowest BCUT2D eigenvalue weighted by Gasteiger charge is -2.10. The van der Waals surface area contributed by atoms with Crippen LogP contribution in [0.15, 0.2) is 59.7 Å². The molecule has 1 aromatic carbocycles. The fourth-order valence-electron chi connectivity index (χ4n) is 4.12. The summed E-state index contributed by atoms with van der Waals surface area (Å²) in [6.45, 7) is 4.05. The number of hydrogen-bond acceptors (Lipinski definition) is 6. The van der Waals surface area contributed by atoms with E-state index in [1.54, 1.807) is 41.5 Å². The molecular weight excluding hydrogens is 449 g/mol. The summed E-state index contributed by atoms with van der Waals surface area (Å²) in [6.07, 6.45) is 7.42. The Hall–Kier alpha value is -4.34. The second kappa shape index (κ2) is 8.15. The second-order valence-electron chi connectivity index (χ2n) is 8.92. The SMILES string of the molecule is CC(C)n1cnnc1-c1cccc(NC(=O)c2oc3cc(F)ccc3c2-n2cnc(C3CC3)c2)n1. The molecule has 1 saturated carbocycles. The molecule has 1 N–H and O–H groups in total. The zero-order chi connectivity index (χ0) is 24.1. The Morgan fingerprint density at radius 1 is 1.20 bits per heavy atom. The molecule has 176 valence electrons. The number of nitrogens with one attached hydrogen (secondary N) is 1. The monoisotopic (exact) mass is 471 g/mol. The first-order valence-electron chi connectivity index (χ1n) is 11.4. The van der Waals surface area contributed by atoms with Crippen molar-refractivity contribution in [1.29, 1.82) is 0 Å². The number of halogens is 1. The van der Waals surface area contributed by atoms with Gasteiger partial charge in [0.2, 0.25) is 5.76 Å². The van der Waals surface area contributed by atoms with Gasteiger partial charge in [-0.3, -0.25) is 4.79 Å². The Balaban J connectivity index is 1.37. The molecule has 0 bridgehead atoms. The number of furan rings is 1. The molecule has 0 unspecified atom stereocenters. The number of aromatic nitrogens is 6. The molecule has 4 heterocycles. The number of rotatable bonds is 6. The first kappa shape index (κ1) is 21.2.